The molecule has 0 aliphatic heterocycles. The standard InChI is InChI=1S/C21H19ClN4S/c1-14(2)10-15-6-8-16(9-7-15)20-13-27-21(24-20)19(12-23)26-25-18-5-3-4-17(22)11-18/h3-9,11,13-14,25H,10H2,1-2H3/b26-19+. The highest BCUT2D eigenvalue weighted by Crippen LogP contribution is 2.24. The SMILES string of the molecule is CC(C)Cc1ccc(-c2csc(/C(C#N)=N/Nc3cccc(Cl)c3)n2)cc1. The first-order chi connectivity index (χ1) is 13.0. The summed E-state index contributed by atoms with van der Waals surface area (Å²) in [6.45, 7) is 4.42. The van der Waals surface area contributed by atoms with E-state index >= 15 is 0 Å². The molecule has 3 aromatic rings. The first kappa shape index (κ1) is 19.1. The fourth-order valence-corrected chi connectivity index (χ4v) is 3.55. The maximum absolute atomic E-state index is 9.43. The van der Waals surface area contributed by atoms with E-state index in [-0.39, 0.29) is 5.71 Å². The van der Waals surface area contributed by atoms with E-state index in [0.717, 1.165) is 17.7 Å². The van der Waals surface area contributed by atoms with Gasteiger partial charge >= 0.3 is 0 Å². The molecule has 2 aromatic carbocycles. The minimum absolute atomic E-state index is 0.239. The van der Waals surface area contributed by atoms with Gasteiger partial charge < -0.3 is 0 Å². The maximum Gasteiger partial charge on any atom is 0.196 e. The van der Waals surface area contributed by atoms with Crippen LogP contribution < -0.4 is 5.43 Å². The van der Waals surface area contributed by atoms with Crippen molar-refractivity contribution in [2.24, 2.45) is 11.0 Å². The first-order valence-corrected chi connectivity index (χ1v) is 9.85. The largest absolute Gasteiger partial charge is 0.277 e. The summed E-state index contributed by atoms with van der Waals surface area (Å²) in [5.41, 5.74) is 7.00. The minimum atomic E-state index is 0.239. The van der Waals surface area contributed by atoms with E-state index in [1.54, 1.807) is 12.1 Å². The molecule has 4 nitrogen and oxygen atoms in total. The Balaban J connectivity index is 1.77. The molecule has 1 heterocycles. The van der Waals surface area contributed by atoms with Gasteiger partial charge in [0.2, 0.25) is 0 Å². The van der Waals surface area contributed by atoms with Crippen LogP contribution in [0.2, 0.25) is 5.02 Å². The van der Waals surface area contributed by atoms with Crippen molar-refractivity contribution >= 4 is 34.3 Å². The van der Waals surface area contributed by atoms with Crippen molar-refractivity contribution in [1.82, 2.24) is 4.98 Å². The summed E-state index contributed by atoms with van der Waals surface area (Å²) in [5.74, 6) is 0.628. The summed E-state index contributed by atoms with van der Waals surface area (Å²) >= 11 is 7.36. The lowest BCUT2D eigenvalue weighted by Gasteiger charge is -2.05. The zero-order valence-electron chi connectivity index (χ0n) is 15.1. The van der Waals surface area contributed by atoms with Crippen LogP contribution in [0.5, 0.6) is 0 Å². The molecule has 3 rings (SSSR count). The van der Waals surface area contributed by atoms with Crippen molar-refractivity contribution in [2.75, 3.05) is 5.43 Å². The second kappa shape index (κ2) is 8.81. The van der Waals surface area contributed by atoms with Crippen LogP contribution in [0.4, 0.5) is 5.69 Å². The monoisotopic (exact) mass is 394 g/mol. The number of thiazole rings is 1. The maximum atomic E-state index is 9.43. The predicted molar refractivity (Wildman–Crippen MR) is 113 cm³/mol. The molecule has 0 unspecified atom stereocenters. The molecule has 0 amide bonds. The average Bonchev–Trinajstić information content (AvgIpc) is 3.12. The quantitative estimate of drug-likeness (QED) is 0.411. The Morgan fingerprint density at radius 1 is 1.26 bits per heavy atom. The molecule has 0 saturated heterocycles. The van der Waals surface area contributed by atoms with E-state index in [2.05, 4.69) is 59.7 Å². The number of nitrogens with one attached hydrogen (secondary N) is 1. The Labute approximate surface area is 168 Å². The van der Waals surface area contributed by atoms with Gasteiger partial charge in [-0.3, -0.25) is 5.43 Å². The van der Waals surface area contributed by atoms with E-state index in [1.807, 2.05) is 17.5 Å². The Bertz CT molecular complexity index is 984. The molecular formula is C21H19ClN4S. The number of hydrogen-bond acceptors (Lipinski definition) is 5. The summed E-state index contributed by atoms with van der Waals surface area (Å²) in [6, 6.07) is 17.7. The minimum Gasteiger partial charge on any atom is -0.277 e. The van der Waals surface area contributed by atoms with Crippen LogP contribution in [0, 0.1) is 17.2 Å². The van der Waals surface area contributed by atoms with E-state index in [0.29, 0.717) is 21.6 Å². The number of halogens is 1. The molecule has 6 heteroatoms. The number of nitriles is 1. The number of nitrogens with zero attached hydrogens (tertiary/aromatic N) is 3. The van der Waals surface area contributed by atoms with Gasteiger partial charge in [-0.05, 0) is 36.1 Å². The van der Waals surface area contributed by atoms with Gasteiger partial charge in [0.1, 0.15) is 6.07 Å². The summed E-state index contributed by atoms with van der Waals surface area (Å²) in [4.78, 5) is 4.57. The van der Waals surface area contributed by atoms with E-state index in [9.17, 15) is 5.26 Å². The summed E-state index contributed by atoms with van der Waals surface area (Å²) in [5, 5.41) is 16.7. The number of aromatic nitrogens is 1. The summed E-state index contributed by atoms with van der Waals surface area (Å²) < 4.78 is 0. The van der Waals surface area contributed by atoms with Crippen LogP contribution in [0.25, 0.3) is 11.3 Å². The Kier molecular flexibility index (Phi) is 6.23. The molecule has 0 fully saturated rings. The smallest absolute Gasteiger partial charge is 0.196 e. The molecule has 136 valence electrons. The summed E-state index contributed by atoms with van der Waals surface area (Å²) in [7, 11) is 0. The normalized spacial score (nSPS) is 11.4. The van der Waals surface area contributed by atoms with E-state index in [1.165, 1.54) is 16.9 Å². The van der Waals surface area contributed by atoms with Crippen molar-refractivity contribution in [1.29, 1.82) is 5.26 Å². The van der Waals surface area contributed by atoms with Gasteiger partial charge in [0.05, 0.1) is 11.4 Å². The van der Waals surface area contributed by atoms with Gasteiger partial charge in [-0.25, -0.2) is 4.98 Å². The molecule has 0 radical (unpaired) electrons. The van der Waals surface area contributed by atoms with Gasteiger partial charge in [0, 0.05) is 16.0 Å². The Morgan fingerprint density at radius 3 is 2.70 bits per heavy atom. The third kappa shape index (κ3) is 5.16. The van der Waals surface area contributed by atoms with Crippen LogP contribution in [0.1, 0.15) is 24.4 Å². The molecule has 0 saturated carbocycles. The van der Waals surface area contributed by atoms with Gasteiger partial charge in [0.25, 0.3) is 0 Å². The van der Waals surface area contributed by atoms with Crippen molar-refractivity contribution in [3.05, 3.63) is 69.5 Å². The highest BCUT2D eigenvalue weighted by Gasteiger charge is 2.11. The first-order valence-electron chi connectivity index (χ1n) is 8.59. The van der Waals surface area contributed by atoms with Gasteiger partial charge in [-0.1, -0.05) is 55.8 Å². The van der Waals surface area contributed by atoms with Crippen molar-refractivity contribution in [2.45, 2.75) is 20.3 Å². The Morgan fingerprint density at radius 2 is 2.04 bits per heavy atom. The number of hydrazone groups is 1. The van der Waals surface area contributed by atoms with Crippen molar-refractivity contribution < 1.29 is 0 Å². The molecule has 0 atom stereocenters. The number of rotatable bonds is 6. The molecule has 0 aliphatic rings. The highest BCUT2D eigenvalue weighted by atomic mass is 35.5. The predicted octanol–water partition coefficient (Wildman–Crippen LogP) is 6.00. The van der Waals surface area contributed by atoms with Gasteiger partial charge in [-0.2, -0.15) is 10.4 Å². The molecule has 27 heavy (non-hydrogen) atoms. The third-order valence-corrected chi connectivity index (χ3v) is 4.91. The van der Waals surface area contributed by atoms with Crippen molar-refractivity contribution in [3.8, 4) is 17.3 Å². The molecule has 0 bridgehead atoms. The lowest BCUT2D eigenvalue weighted by atomic mass is 10.0. The molecule has 1 aromatic heterocycles. The number of hydrogen-bond donors (Lipinski definition) is 1. The second-order valence-corrected chi connectivity index (χ2v) is 7.82. The van der Waals surface area contributed by atoms with Gasteiger partial charge in [0.15, 0.2) is 10.7 Å². The van der Waals surface area contributed by atoms with Crippen LogP contribution in [-0.2, 0) is 6.42 Å². The second-order valence-electron chi connectivity index (χ2n) is 6.53. The molecule has 1 N–H and O–H groups in total. The molecule has 0 aliphatic carbocycles. The van der Waals surface area contributed by atoms with Gasteiger partial charge in [-0.15, -0.1) is 11.3 Å². The lowest BCUT2D eigenvalue weighted by molar-refractivity contribution is 0.647. The fraction of sp³-hybridized carbons (Fsp3) is 0.190. The average molecular weight is 395 g/mol. The topological polar surface area (TPSA) is 61.1 Å². The molecule has 0 spiro atoms. The number of benzene rings is 2. The van der Waals surface area contributed by atoms with Crippen molar-refractivity contribution in [3.63, 3.8) is 0 Å². The Hall–Kier alpha value is -2.68. The van der Waals surface area contributed by atoms with E-state index in [4.69, 9.17) is 11.6 Å². The van der Waals surface area contributed by atoms with Crippen LogP contribution >= 0.6 is 22.9 Å². The molecular weight excluding hydrogens is 376 g/mol. The number of anilines is 1. The lowest BCUT2D eigenvalue weighted by Crippen LogP contribution is -2.01. The zero-order chi connectivity index (χ0) is 19.2. The fourth-order valence-electron chi connectivity index (χ4n) is 2.60. The van der Waals surface area contributed by atoms with Crippen LogP contribution in [-0.4, -0.2) is 10.7 Å². The van der Waals surface area contributed by atoms with E-state index < -0.39 is 0 Å². The third-order valence-electron chi connectivity index (χ3n) is 3.83. The summed E-state index contributed by atoms with van der Waals surface area (Å²) in [6.07, 6.45) is 1.06. The highest BCUT2D eigenvalue weighted by molar-refractivity contribution is 7.12. The zero-order valence-corrected chi connectivity index (χ0v) is 16.7. The van der Waals surface area contributed by atoms with Crippen LogP contribution in [0.3, 0.4) is 0 Å². The van der Waals surface area contributed by atoms with Crippen LogP contribution in [0.15, 0.2) is 59.0 Å².